The number of anilines is 2. The van der Waals surface area contributed by atoms with Gasteiger partial charge in [-0.1, -0.05) is 44.2 Å². The highest BCUT2D eigenvalue weighted by molar-refractivity contribution is 7.90. The Hall–Kier alpha value is -6.29. The lowest BCUT2D eigenvalue weighted by Crippen LogP contribution is -2.98. The molecule has 6 aromatic rings. The van der Waals surface area contributed by atoms with Gasteiger partial charge in [0.2, 0.25) is 0 Å². The Kier molecular flexibility index (Phi) is 16.1. The molecule has 0 radical (unpaired) electrons. The van der Waals surface area contributed by atoms with E-state index in [4.69, 9.17) is 9.47 Å². The third-order valence-corrected chi connectivity index (χ3v) is 16.2. The highest BCUT2D eigenvalue weighted by atomic mass is 32.2. The fourth-order valence-corrected chi connectivity index (χ4v) is 11.7. The van der Waals surface area contributed by atoms with E-state index in [1.807, 2.05) is 6.92 Å². The van der Waals surface area contributed by atoms with Crippen molar-refractivity contribution in [1.29, 1.82) is 0 Å². The quantitative estimate of drug-likeness (QED) is 0.0549. The van der Waals surface area contributed by atoms with E-state index in [9.17, 15) is 32.3 Å². The number of piperazine rings is 1. The zero-order valence-corrected chi connectivity index (χ0v) is 43.8. The molecule has 400 valence electrons. The number of aromatic amines is 1. The lowest BCUT2D eigenvalue weighted by molar-refractivity contribution is -0.751. The fraction of sp³-hybridized carbons (Fsp3) is 0.436. The van der Waals surface area contributed by atoms with Crippen LogP contribution in [0.15, 0.2) is 90.1 Å². The van der Waals surface area contributed by atoms with Crippen LogP contribution in [-0.4, -0.2) is 109 Å². The Morgan fingerprint density at radius 1 is 0.960 bits per heavy atom. The number of halogens is 3. The molecule has 1 unspecified atom stereocenters. The molecule has 2 aliphatic heterocycles. The fourth-order valence-electron chi connectivity index (χ4n) is 10.8. The third kappa shape index (κ3) is 12.2. The summed E-state index contributed by atoms with van der Waals surface area (Å²) in [5.41, 5.74) is 3.29. The summed E-state index contributed by atoms with van der Waals surface area (Å²) in [6, 6.07) is 20.3. The number of nitrogens with one attached hydrogen (secondary N) is 4. The molecular weight excluding hydrogens is 988 g/mol. The number of carbonyl (C=O) groups is 1. The van der Waals surface area contributed by atoms with Crippen LogP contribution in [0.5, 0.6) is 17.4 Å². The molecule has 9 rings (SSSR count). The molecule has 75 heavy (non-hydrogen) atoms. The molecule has 1 amide bonds. The zero-order valence-electron chi connectivity index (χ0n) is 43.0. The van der Waals surface area contributed by atoms with Crippen LogP contribution < -0.4 is 29.5 Å². The number of piperidine rings is 1. The summed E-state index contributed by atoms with van der Waals surface area (Å²) < 4.78 is 85.6. The minimum atomic E-state index is -4.63. The molecular formula is C55H66F3N9O7S. The predicted octanol–water partition coefficient (Wildman–Crippen LogP) is 8.33. The molecule has 5 N–H and O–H groups in total. The molecule has 5 heterocycles. The molecule has 3 aromatic carbocycles. The number of hydrogen-bond acceptors (Lipinski definition) is 13. The highest BCUT2D eigenvalue weighted by Crippen LogP contribution is 2.40. The van der Waals surface area contributed by atoms with Crippen molar-refractivity contribution in [3.05, 3.63) is 130 Å². The molecule has 0 bridgehead atoms. The van der Waals surface area contributed by atoms with Gasteiger partial charge in [-0.2, -0.15) is 4.98 Å². The number of aromatic nitrogens is 3. The standard InChI is InChI=1S/C55H66F3N9O7S/c1-6-73-54-50(28-43-46(58)31-61-51(43)62-54)74-49-26-38(12-13-42(49)53(68)63-75(71,72)39-27-47(64(5)70)52(60-30-39)59-29-35-15-19-55(4,69)20-16-35)66-21-17-37(18-22-66)67-24-23-65(32-36-11-14-44(56)45(57)25-36)33-48(67)41-10-8-7-9-40(41)34(2)3/h7-14,25-28,30-31,34-35,37,48,64,69H,6,15-24,29,32-33H2,1-5H3,(H,59,60)(H,61,62)(H,63,68)/t35-,48-,55-/m0/s1. The van der Waals surface area contributed by atoms with E-state index >= 15 is 4.39 Å². The summed E-state index contributed by atoms with van der Waals surface area (Å²) >= 11 is 0. The predicted molar refractivity (Wildman–Crippen MR) is 280 cm³/mol. The van der Waals surface area contributed by atoms with E-state index in [0.29, 0.717) is 56.8 Å². The van der Waals surface area contributed by atoms with Crippen LogP contribution >= 0.6 is 0 Å². The van der Waals surface area contributed by atoms with E-state index in [0.717, 1.165) is 51.2 Å². The first-order valence-electron chi connectivity index (χ1n) is 25.8. The molecule has 20 heteroatoms. The number of benzene rings is 3. The van der Waals surface area contributed by atoms with Gasteiger partial charge in [0.25, 0.3) is 21.8 Å². The minimum Gasteiger partial charge on any atom is -0.629 e. The van der Waals surface area contributed by atoms with Gasteiger partial charge in [-0.3, -0.25) is 14.6 Å². The van der Waals surface area contributed by atoms with Crippen LogP contribution in [0.25, 0.3) is 11.0 Å². The third-order valence-electron chi connectivity index (χ3n) is 14.9. The summed E-state index contributed by atoms with van der Waals surface area (Å²) in [4.78, 5) is 32.5. The summed E-state index contributed by atoms with van der Waals surface area (Å²) in [5, 5.41) is 26.1. The van der Waals surface area contributed by atoms with Gasteiger partial charge in [0.1, 0.15) is 22.1 Å². The average Bonchev–Trinajstić information content (AvgIpc) is 3.75. The lowest BCUT2D eigenvalue weighted by Gasteiger charge is -2.48. The molecule has 3 aromatic heterocycles. The Morgan fingerprint density at radius 3 is 2.44 bits per heavy atom. The van der Waals surface area contributed by atoms with Crippen molar-refractivity contribution < 1.29 is 46.0 Å². The van der Waals surface area contributed by atoms with Crippen molar-refractivity contribution in [3.63, 3.8) is 0 Å². The zero-order chi connectivity index (χ0) is 53.2. The number of aliphatic hydroxyl groups is 1. The maximum Gasteiger partial charge on any atom is 0.268 e. The largest absolute Gasteiger partial charge is 0.629 e. The number of sulfonamides is 1. The van der Waals surface area contributed by atoms with Gasteiger partial charge < -0.3 is 40.1 Å². The number of fused-ring (bicyclic) bond motifs is 1. The Morgan fingerprint density at radius 2 is 1.72 bits per heavy atom. The molecule has 2 atom stereocenters. The Balaban J connectivity index is 0.965. The summed E-state index contributed by atoms with van der Waals surface area (Å²) in [5.74, 6) is -2.68. The van der Waals surface area contributed by atoms with Gasteiger partial charge >= 0.3 is 0 Å². The molecule has 16 nitrogen and oxygen atoms in total. The van der Waals surface area contributed by atoms with E-state index in [1.54, 1.807) is 25.1 Å². The maximum absolute atomic E-state index is 15.0. The van der Waals surface area contributed by atoms with Crippen molar-refractivity contribution in [3.8, 4) is 17.4 Å². The maximum atomic E-state index is 15.0. The number of carbonyl (C=O) groups excluding carboxylic acids is 1. The number of pyridine rings is 2. The Labute approximate surface area is 435 Å². The van der Waals surface area contributed by atoms with Crippen LogP contribution in [-0.2, 0) is 16.6 Å². The van der Waals surface area contributed by atoms with Gasteiger partial charge in [0.15, 0.2) is 28.9 Å². The molecule has 2 saturated heterocycles. The smallest absolute Gasteiger partial charge is 0.268 e. The Bertz CT molecular complexity index is 3120. The van der Waals surface area contributed by atoms with Crippen LogP contribution in [0.3, 0.4) is 0 Å². The monoisotopic (exact) mass is 1050 g/mol. The number of ether oxygens (including phenoxy) is 2. The number of quaternary nitrogens is 1. The van der Waals surface area contributed by atoms with Gasteiger partial charge in [-0.05, 0) is 105 Å². The van der Waals surface area contributed by atoms with E-state index in [-0.39, 0.29) is 76.0 Å². The van der Waals surface area contributed by atoms with Crippen molar-refractivity contribution in [2.45, 2.75) is 101 Å². The second-order valence-electron chi connectivity index (χ2n) is 20.7. The van der Waals surface area contributed by atoms with E-state index in [1.165, 1.54) is 48.5 Å². The number of rotatable bonds is 17. The van der Waals surface area contributed by atoms with Crippen LogP contribution in [0.2, 0.25) is 0 Å². The average molecular weight is 1050 g/mol. The number of H-pyrrole nitrogens is 1. The summed E-state index contributed by atoms with van der Waals surface area (Å²) in [6.07, 6.45) is 6.67. The number of amides is 1. The van der Waals surface area contributed by atoms with Crippen LogP contribution in [0.1, 0.15) is 105 Å². The molecule has 3 aliphatic rings. The molecule has 0 spiro atoms. The summed E-state index contributed by atoms with van der Waals surface area (Å²) in [6.45, 7) is 12.5. The van der Waals surface area contributed by atoms with E-state index < -0.39 is 48.9 Å². The van der Waals surface area contributed by atoms with Gasteiger partial charge in [-0.15, -0.1) is 0 Å². The second-order valence-corrected chi connectivity index (χ2v) is 22.3. The van der Waals surface area contributed by atoms with Gasteiger partial charge in [0.05, 0.1) is 36.4 Å². The van der Waals surface area contributed by atoms with Gasteiger partial charge in [-0.25, -0.2) is 31.3 Å². The topological polar surface area (TPSA) is 193 Å². The number of hydrogen-bond donors (Lipinski definition) is 5. The second kappa shape index (κ2) is 22.5. The minimum absolute atomic E-state index is 0.0102. The number of hydroxylamine groups is 1. The van der Waals surface area contributed by atoms with Crippen molar-refractivity contribution in [2.24, 2.45) is 5.92 Å². The van der Waals surface area contributed by atoms with Crippen molar-refractivity contribution in [2.75, 3.05) is 63.1 Å². The first-order valence-corrected chi connectivity index (χ1v) is 27.3. The van der Waals surface area contributed by atoms with Crippen LogP contribution in [0, 0.1) is 28.6 Å². The first kappa shape index (κ1) is 53.5. The lowest BCUT2D eigenvalue weighted by atomic mass is 9.80. The SMILES string of the molecule is CCOc1nc2[nH]cc(F)c2cc1Oc1cc(N2CCC(N3CCN(Cc4ccc(F)c(F)c4)C[C@H]3c3ccccc3C(C)C)CC2)ccc1C(=O)NS(=O)(=O)c1cnc(NC[C@H]2CC[C@](C)(O)CC2)c([NH+](C)[O-])c1. The highest BCUT2D eigenvalue weighted by Gasteiger charge is 2.37. The number of nitrogens with zero attached hydrogens (tertiary/aromatic N) is 5. The normalized spacial score (nSPS) is 20.6. The molecule has 1 aliphatic carbocycles. The first-order chi connectivity index (χ1) is 35.9. The van der Waals surface area contributed by atoms with Gasteiger partial charge in [0, 0.05) is 88.0 Å². The van der Waals surface area contributed by atoms with E-state index in [2.05, 4.69) is 77.8 Å². The van der Waals surface area contributed by atoms with Crippen LogP contribution in [0.4, 0.5) is 30.4 Å². The molecule has 3 fully saturated rings. The van der Waals surface area contributed by atoms with Crippen molar-refractivity contribution in [1.82, 2.24) is 29.5 Å². The summed E-state index contributed by atoms with van der Waals surface area (Å²) in [7, 11) is -3.32. The molecule has 1 saturated carbocycles. The van der Waals surface area contributed by atoms with Crippen molar-refractivity contribution >= 4 is 44.2 Å².